The molecule has 1 aromatic carbocycles. The van der Waals surface area contributed by atoms with Crippen LogP contribution < -0.4 is 4.90 Å². The van der Waals surface area contributed by atoms with E-state index in [0.717, 1.165) is 18.8 Å². The number of rotatable bonds is 2. The molecule has 18 heavy (non-hydrogen) atoms. The molecule has 0 saturated carbocycles. The number of hydrogen-bond acceptors (Lipinski definition) is 4. The van der Waals surface area contributed by atoms with E-state index < -0.39 is 4.92 Å². The topological polar surface area (TPSA) is 70.2 Å². The Morgan fingerprint density at radius 3 is 2.50 bits per heavy atom. The summed E-state index contributed by atoms with van der Waals surface area (Å²) in [4.78, 5) is 12.4. The van der Waals surface area contributed by atoms with E-state index in [1.54, 1.807) is 6.07 Å². The highest BCUT2D eigenvalue weighted by atomic mass is 16.6. The molecule has 0 spiro atoms. The lowest BCUT2D eigenvalue weighted by Gasteiger charge is -2.19. The van der Waals surface area contributed by atoms with Crippen LogP contribution in [0.5, 0.6) is 0 Å². The maximum Gasteiger partial charge on any atom is 0.270 e. The predicted octanol–water partition coefficient (Wildman–Crippen LogP) is 2.56. The average molecular weight is 245 g/mol. The van der Waals surface area contributed by atoms with Crippen molar-refractivity contribution in [1.82, 2.24) is 0 Å². The molecule has 5 heteroatoms. The second-order valence-corrected chi connectivity index (χ2v) is 4.93. The molecule has 0 radical (unpaired) electrons. The van der Waals surface area contributed by atoms with Crippen molar-refractivity contribution >= 4 is 11.4 Å². The lowest BCUT2D eigenvalue weighted by atomic mass is 10.0. The lowest BCUT2D eigenvalue weighted by molar-refractivity contribution is -0.384. The van der Waals surface area contributed by atoms with Crippen molar-refractivity contribution in [2.24, 2.45) is 11.8 Å². The van der Waals surface area contributed by atoms with E-state index in [-0.39, 0.29) is 5.69 Å². The maximum atomic E-state index is 10.7. The van der Waals surface area contributed by atoms with Crippen LogP contribution in [0.2, 0.25) is 0 Å². The summed E-state index contributed by atoms with van der Waals surface area (Å²) in [5, 5.41) is 19.8. The highest BCUT2D eigenvalue weighted by molar-refractivity contribution is 5.63. The van der Waals surface area contributed by atoms with Crippen LogP contribution in [0.3, 0.4) is 0 Å². The monoisotopic (exact) mass is 245 g/mol. The predicted molar refractivity (Wildman–Crippen MR) is 68.4 cm³/mol. The summed E-state index contributed by atoms with van der Waals surface area (Å²) in [6.45, 7) is 6.16. The van der Waals surface area contributed by atoms with Crippen LogP contribution >= 0.6 is 0 Å². The van der Waals surface area contributed by atoms with Gasteiger partial charge >= 0.3 is 0 Å². The van der Waals surface area contributed by atoms with Crippen LogP contribution in [0.25, 0.3) is 0 Å². The Morgan fingerprint density at radius 2 is 2.00 bits per heavy atom. The summed E-state index contributed by atoms with van der Waals surface area (Å²) in [6, 6.07) is 6.55. The van der Waals surface area contributed by atoms with Crippen molar-refractivity contribution in [3.8, 4) is 6.07 Å². The van der Waals surface area contributed by atoms with E-state index >= 15 is 0 Å². The molecule has 1 aliphatic heterocycles. The molecule has 94 valence electrons. The molecule has 0 aliphatic carbocycles. The summed E-state index contributed by atoms with van der Waals surface area (Å²) >= 11 is 0. The van der Waals surface area contributed by atoms with Gasteiger partial charge in [0.2, 0.25) is 0 Å². The third-order valence-electron chi connectivity index (χ3n) is 3.64. The zero-order valence-corrected chi connectivity index (χ0v) is 10.5. The van der Waals surface area contributed by atoms with E-state index in [0.29, 0.717) is 17.4 Å². The highest BCUT2D eigenvalue weighted by Gasteiger charge is 2.28. The second kappa shape index (κ2) is 4.65. The minimum Gasteiger partial charge on any atom is -0.370 e. The van der Waals surface area contributed by atoms with Crippen molar-refractivity contribution in [3.05, 3.63) is 33.9 Å². The summed E-state index contributed by atoms with van der Waals surface area (Å²) in [5.74, 6) is 1.15. The van der Waals surface area contributed by atoms with Crippen LogP contribution in [0.1, 0.15) is 19.4 Å². The molecule has 5 nitrogen and oxygen atoms in total. The van der Waals surface area contributed by atoms with Crippen LogP contribution in [0.4, 0.5) is 11.4 Å². The number of benzene rings is 1. The van der Waals surface area contributed by atoms with Gasteiger partial charge in [0.05, 0.1) is 16.2 Å². The van der Waals surface area contributed by atoms with Gasteiger partial charge in [-0.2, -0.15) is 5.26 Å². The molecule has 0 bridgehead atoms. The summed E-state index contributed by atoms with van der Waals surface area (Å²) in [6.07, 6.45) is 0. The van der Waals surface area contributed by atoms with Gasteiger partial charge in [-0.1, -0.05) is 13.8 Å². The first kappa shape index (κ1) is 12.4. The minimum atomic E-state index is -0.472. The first-order chi connectivity index (χ1) is 8.52. The summed E-state index contributed by atoms with van der Waals surface area (Å²) in [5.41, 5.74) is 1.15. The van der Waals surface area contributed by atoms with Gasteiger partial charge in [-0.15, -0.1) is 0 Å². The number of anilines is 1. The molecular formula is C13H15N3O2. The van der Waals surface area contributed by atoms with Gasteiger partial charge in [-0.25, -0.2) is 0 Å². The Kier molecular flexibility index (Phi) is 3.19. The van der Waals surface area contributed by atoms with Crippen LogP contribution in [0.15, 0.2) is 18.2 Å². The molecule has 0 N–H and O–H groups in total. The first-order valence-corrected chi connectivity index (χ1v) is 5.96. The van der Waals surface area contributed by atoms with Gasteiger partial charge < -0.3 is 4.90 Å². The van der Waals surface area contributed by atoms with Crippen molar-refractivity contribution in [2.75, 3.05) is 18.0 Å². The van der Waals surface area contributed by atoms with Crippen molar-refractivity contribution < 1.29 is 4.92 Å². The zero-order chi connectivity index (χ0) is 13.3. The van der Waals surface area contributed by atoms with Crippen molar-refractivity contribution in [3.63, 3.8) is 0 Å². The fraction of sp³-hybridized carbons (Fsp3) is 0.462. The fourth-order valence-corrected chi connectivity index (χ4v) is 2.33. The number of hydrogen-bond donors (Lipinski definition) is 0. The van der Waals surface area contributed by atoms with Gasteiger partial charge in [-0.3, -0.25) is 10.1 Å². The molecule has 2 atom stereocenters. The Morgan fingerprint density at radius 1 is 1.39 bits per heavy atom. The molecule has 0 aromatic heterocycles. The van der Waals surface area contributed by atoms with Gasteiger partial charge in [0.1, 0.15) is 6.07 Å². The summed E-state index contributed by atoms with van der Waals surface area (Å²) in [7, 11) is 0. The minimum absolute atomic E-state index is 0.0319. The highest BCUT2D eigenvalue weighted by Crippen LogP contribution is 2.31. The third kappa shape index (κ3) is 2.14. The number of non-ortho nitro benzene ring substituents is 1. The van der Waals surface area contributed by atoms with E-state index in [1.807, 2.05) is 0 Å². The number of nitrogens with zero attached hydrogens (tertiary/aromatic N) is 3. The molecule has 1 saturated heterocycles. The Hall–Kier alpha value is -2.09. The Labute approximate surface area is 106 Å². The standard InChI is InChI=1S/C13H15N3O2/c1-9-7-15(8-10(9)2)13-4-3-12(16(17)18)5-11(13)6-14/h3-5,9-10H,7-8H2,1-2H3. The van der Waals surface area contributed by atoms with Gasteiger partial charge in [0.25, 0.3) is 5.69 Å². The van der Waals surface area contributed by atoms with Crippen LogP contribution in [-0.2, 0) is 0 Å². The largest absolute Gasteiger partial charge is 0.370 e. The maximum absolute atomic E-state index is 10.7. The molecule has 1 heterocycles. The molecular weight excluding hydrogens is 230 g/mol. The Balaban J connectivity index is 2.35. The van der Waals surface area contributed by atoms with E-state index in [4.69, 9.17) is 5.26 Å². The molecule has 2 rings (SSSR count). The van der Waals surface area contributed by atoms with Crippen LogP contribution in [0, 0.1) is 33.3 Å². The SMILES string of the molecule is CC1CN(c2ccc([N+](=O)[O-])cc2C#N)CC1C. The third-order valence-corrected chi connectivity index (χ3v) is 3.64. The quantitative estimate of drug-likeness (QED) is 0.593. The van der Waals surface area contributed by atoms with E-state index in [1.165, 1.54) is 12.1 Å². The zero-order valence-electron chi connectivity index (χ0n) is 10.5. The normalized spacial score (nSPS) is 22.8. The molecule has 1 fully saturated rings. The lowest BCUT2D eigenvalue weighted by Crippen LogP contribution is -2.20. The van der Waals surface area contributed by atoms with E-state index in [9.17, 15) is 10.1 Å². The van der Waals surface area contributed by atoms with Gasteiger partial charge in [0.15, 0.2) is 0 Å². The molecule has 1 aliphatic rings. The molecule has 1 aromatic rings. The first-order valence-electron chi connectivity index (χ1n) is 5.96. The fourth-order valence-electron chi connectivity index (χ4n) is 2.33. The smallest absolute Gasteiger partial charge is 0.270 e. The van der Waals surface area contributed by atoms with Crippen molar-refractivity contribution in [2.45, 2.75) is 13.8 Å². The molecule has 2 unspecified atom stereocenters. The summed E-state index contributed by atoms with van der Waals surface area (Å²) < 4.78 is 0. The Bertz CT molecular complexity index is 511. The average Bonchev–Trinajstić information content (AvgIpc) is 2.68. The van der Waals surface area contributed by atoms with Gasteiger partial charge in [0, 0.05) is 25.2 Å². The van der Waals surface area contributed by atoms with Crippen molar-refractivity contribution in [1.29, 1.82) is 5.26 Å². The van der Waals surface area contributed by atoms with Crippen LogP contribution in [-0.4, -0.2) is 18.0 Å². The number of nitriles is 1. The second-order valence-electron chi connectivity index (χ2n) is 4.93. The molecule has 0 amide bonds. The van der Waals surface area contributed by atoms with E-state index in [2.05, 4.69) is 24.8 Å². The number of nitro benzene ring substituents is 1. The number of nitro groups is 1. The van der Waals surface area contributed by atoms with Gasteiger partial charge in [-0.05, 0) is 17.9 Å².